The van der Waals surface area contributed by atoms with Gasteiger partial charge in [0.25, 0.3) is 0 Å². The van der Waals surface area contributed by atoms with Crippen LogP contribution in [0, 0.1) is 0 Å². The number of aryl methyl sites for hydroxylation is 1. The van der Waals surface area contributed by atoms with Gasteiger partial charge in [0.1, 0.15) is 11.5 Å². The van der Waals surface area contributed by atoms with E-state index in [4.69, 9.17) is 23.4 Å². The van der Waals surface area contributed by atoms with E-state index >= 15 is 0 Å². The number of ether oxygens (including phenoxy) is 4. The van der Waals surface area contributed by atoms with Crippen LogP contribution in [0.2, 0.25) is 0 Å². The predicted octanol–water partition coefficient (Wildman–Crippen LogP) is 6.19. The summed E-state index contributed by atoms with van der Waals surface area (Å²) < 4.78 is 29.2. The summed E-state index contributed by atoms with van der Waals surface area (Å²) in [5.41, 5.74) is 4.90. The quantitative estimate of drug-likeness (QED) is 0.170. The maximum atomic E-state index is 14.2. The molecule has 50 heavy (non-hydrogen) atoms. The second-order valence-corrected chi connectivity index (χ2v) is 12.1. The molecule has 0 spiro atoms. The van der Waals surface area contributed by atoms with Crippen molar-refractivity contribution >= 4 is 22.8 Å². The second kappa shape index (κ2) is 14.8. The number of methoxy groups -OCH3 is 4. The molecule has 0 unspecified atom stereocenters. The summed E-state index contributed by atoms with van der Waals surface area (Å²) in [5.74, 6) is 1.93. The lowest BCUT2D eigenvalue weighted by molar-refractivity contribution is -0.121. The molecule has 0 fully saturated rings. The third-order valence-corrected chi connectivity index (χ3v) is 9.06. The van der Waals surface area contributed by atoms with Crippen molar-refractivity contribution in [2.24, 2.45) is 0 Å². The van der Waals surface area contributed by atoms with Gasteiger partial charge in [-0.2, -0.15) is 0 Å². The summed E-state index contributed by atoms with van der Waals surface area (Å²) in [5, 5.41) is 6.56. The van der Waals surface area contributed by atoms with Gasteiger partial charge in [0.2, 0.25) is 23.0 Å². The zero-order valence-electron chi connectivity index (χ0n) is 28.8. The van der Waals surface area contributed by atoms with E-state index in [-0.39, 0.29) is 29.2 Å². The number of amides is 2. The zero-order valence-corrected chi connectivity index (χ0v) is 28.8. The smallest absolute Gasteiger partial charge is 0.224 e. The zero-order chi connectivity index (χ0) is 35.4. The molecular formula is C40H40N2O8. The maximum absolute atomic E-state index is 14.2. The Morgan fingerprint density at radius 2 is 1.62 bits per heavy atom. The van der Waals surface area contributed by atoms with Crippen molar-refractivity contribution in [2.45, 2.75) is 38.6 Å². The second-order valence-electron chi connectivity index (χ2n) is 12.1. The van der Waals surface area contributed by atoms with Gasteiger partial charge in [0, 0.05) is 35.5 Å². The van der Waals surface area contributed by atoms with Gasteiger partial charge in [0.05, 0.1) is 40.9 Å². The van der Waals surface area contributed by atoms with Crippen LogP contribution in [-0.2, 0) is 28.9 Å². The van der Waals surface area contributed by atoms with Crippen LogP contribution < -0.4 is 35.0 Å². The predicted molar refractivity (Wildman–Crippen MR) is 191 cm³/mol. The van der Waals surface area contributed by atoms with Crippen molar-refractivity contribution in [3.8, 4) is 45.4 Å². The maximum Gasteiger partial charge on any atom is 0.224 e. The number of carbonyl (C=O) groups excluding carboxylic acids is 2. The van der Waals surface area contributed by atoms with Crippen molar-refractivity contribution in [3.63, 3.8) is 0 Å². The minimum atomic E-state index is -0.494. The van der Waals surface area contributed by atoms with E-state index in [1.54, 1.807) is 33.5 Å². The van der Waals surface area contributed by atoms with Crippen LogP contribution in [0.25, 0.3) is 33.4 Å². The molecule has 2 N–H and O–H groups in total. The lowest BCUT2D eigenvalue weighted by Gasteiger charge is -2.20. The van der Waals surface area contributed by atoms with Crippen LogP contribution in [0.5, 0.6) is 23.0 Å². The molecule has 10 nitrogen and oxygen atoms in total. The third kappa shape index (κ3) is 6.74. The Balaban J connectivity index is 1.59. The number of nitrogens with one attached hydrogen (secondary N) is 2. The van der Waals surface area contributed by atoms with Crippen molar-refractivity contribution in [1.29, 1.82) is 0 Å². The topological polar surface area (TPSA) is 125 Å². The van der Waals surface area contributed by atoms with E-state index in [9.17, 15) is 14.4 Å². The normalized spacial score (nSPS) is 13.4. The van der Waals surface area contributed by atoms with Crippen LogP contribution in [0.3, 0.4) is 0 Å². The first kappa shape index (κ1) is 34.1. The lowest BCUT2D eigenvalue weighted by Crippen LogP contribution is -2.27. The molecule has 0 saturated carbocycles. The highest BCUT2D eigenvalue weighted by Gasteiger charge is 2.31. The summed E-state index contributed by atoms with van der Waals surface area (Å²) >= 11 is 0. The van der Waals surface area contributed by atoms with E-state index in [2.05, 4.69) is 10.6 Å². The standard InChI is InChI=1S/C40H40N2O8/c1-23(43)42-32-16-13-26-19-34(47-3)39(48-4)40(49-5)36(26)29-20-30-31(22-35(45)41-18-17-24-9-7-6-8-10-24)37(25-11-14-27(46-2)15-12-25)50-38(30)33(44)21-28(29)32/h6-12,14-15,19-21,32H,13,16-18,22H2,1-5H3,(H,41,45)(H,42,43)/t32-/m0/s1. The largest absolute Gasteiger partial charge is 0.497 e. The van der Waals surface area contributed by atoms with E-state index in [1.165, 1.54) is 20.1 Å². The Morgan fingerprint density at radius 3 is 2.28 bits per heavy atom. The van der Waals surface area contributed by atoms with Crippen LogP contribution in [0.4, 0.5) is 0 Å². The SMILES string of the molecule is COc1ccc(-c2oc3c(=O)cc4c(cc3c2CC(=O)NCCc2ccccc2)-c2c(cc(OC)c(OC)c2OC)CC[C@@H]4NC(C)=O)cc1. The number of carbonyl (C=O) groups is 2. The lowest BCUT2D eigenvalue weighted by atomic mass is 9.94. The Morgan fingerprint density at radius 1 is 0.880 bits per heavy atom. The van der Waals surface area contributed by atoms with Crippen molar-refractivity contribution in [2.75, 3.05) is 35.0 Å². The third-order valence-electron chi connectivity index (χ3n) is 9.06. The average molecular weight is 677 g/mol. The summed E-state index contributed by atoms with van der Waals surface area (Å²) in [6, 6.07) is 22.0. The van der Waals surface area contributed by atoms with Crippen molar-refractivity contribution in [1.82, 2.24) is 10.6 Å². The molecule has 5 aromatic rings. The van der Waals surface area contributed by atoms with Crippen LogP contribution in [-0.4, -0.2) is 46.8 Å². The highest BCUT2D eigenvalue weighted by atomic mass is 16.5. The molecule has 0 aliphatic heterocycles. The van der Waals surface area contributed by atoms with Crippen molar-refractivity contribution in [3.05, 3.63) is 105 Å². The molecule has 4 aromatic carbocycles. The Hall–Kier alpha value is -5.77. The fourth-order valence-corrected chi connectivity index (χ4v) is 6.75. The number of hydrogen-bond donors (Lipinski definition) is 2. The summed E-state index contributed by atoms with van der Waals surface area (Å²) in [6.45, 7) is 1.89. The van der Waals surface area contributed by atoms with Gasteiger partial charge in [-0.15, -0.1) is 0 Å². The molecule has 0 bridgehead atoms. The van der Waals surface area contributed by atoms with Crippen LogP contribution in [0.15, 0.2) is 82.0 Å². The molecule has 2 amide bonds. The number of furan rings is 1. The first-order chi connectivity index (χ1) is 24.3. The molecule has 0 saturated heterocycles. The average Bonchev–Trinajstić information content (AvgIpc) is 3.32. The van der Waals surface area contributed by atoms with E-state index in [0.717, 1.165) is 11.1 Å². The summed E-state index contributed by atoms with van der Waals surface area (Å²) in [4.78, 5) is 40.3. The number of benzene rings is 3. The fraction of sp³-hybridized carbons (Fsp3) is 0.275. The van der Waals surface area contributed by atoms with Crippen molar-refractivity contribution < 1.29 is 33.0 Å². The first-order valence-electron chi connectivity index (χ1n) is 16.4. The summed E-state index contributed by atoms with van der Waals surface area (Å²) in [6.07, 6.45) is 1.68. The first-order valence-corrected chi connectivity index (χ1v) is 16.4. The van der Waals surface area contributed by atoms with Gasteiger partial charge in [0.15, 0.2) is 17.1 Å². The monoisotopic (exact) mass is 676 g/mol. The Kier molecular flexibility index (Phi) is 10.1. The van der Waals surface area contributed by atoms with E-state index in [0.29, 0.717) is 87.8 Å². The molecule has 6 rings (SSSR count). The molecule has 1 atom stereocenters. The van der Waals surface area contributed by atoms with Crippen LogP contribution in [0.1, 0.15) is 41.6 Å². The number of fused-ring (bicyclic) bond motifs is 4. The van der Waals surface area contributed by atoms with E-state index < -0.39 is 6.04 Å². The number of rotatable bonds is 11. The van der Waals surface area contributed by atoms with Gasteiger partial charge >= 0.3 is 0 Å². The number of hydrogen-bond acceptors (Lipinski definition) is 8. The minimum Gasteiger partial charge on any atom is -0.497 e. The highest BCUT2D eigenvalue weighted by Crippen LogP contribution is 2.51. The van der Waals surface area contributed by atoms with Gasteiger partial charge in [-0.25, -0.2) is 0 Å². The Bertz CT molecular complexity index is 2110. The van der Waals surface area contributed by atoms with E-state index in [1.807, 2.05) is 54.6 Å². The molecule has 1 heterocycles. The Labute approximate surface area is 290 Å². The molecule has 1 aliphatic rings. The van der Waals surface area contributed by atoms with Gasteiger partial charge in [-0.1, -0.05) is 30.3 Å². The molecule has 10 heteroatoms. The molecule has 0 radical (unpaired) electrons. The van der Waals surface area contributed by atoms with Gasteiger partial charge < -0.3 is 34.0 Å². The fourth-order valence-electron chi connectivity index (χ4n) is 6.75. The van der Waals surface area contributed by atoms with Crippen LogP contribution >= 0.6 is 0 Å². The minimum absolute atomic E-state index is 0.0492. The highest BCUT2D eigenvalue weighted by molar-refractivity contribution is 5.96. The molecule has 1 aliphatic carbocycles. The summed E-state index contributed by atoms with van der Waals surface area (Å²) in [7, 11) is 6.23. The van der Waals surface area contributed by atoms with Gasteiger partial charge in [-0.05, 0) is 84.0 Å². The molecule has 1 aromatic heterocycles. The van der Waals surface area contributed by atoms with Gasteiger partial charge in [-0.3, -0.25) is 14.4 Å². The molecular weight excluding hydrogens is 636 g/mol. The molecule has 258 valence electrons.